The Morgan fingerprint density at radius 3 is 1.89 bits per heavy atom. The SMILES string of the molecule is CC1(C)c2ccccc2-c2ccc(N(c3ccccc3)c3cc(Nc4ccccc4)c4c(c3)C3(C5=C(C=CCC5)c5ccccc53)c3ccccc3-4)cc21. The van der Waals surface area contributed by atoms with Gasteiger partial charge in [-0.15, -0.1) is 0 Å². The van der Waals surface area contributed by atoms with E-state index in [1.54, 1.807) is 0 Å². The number of rotatable bonds is 5. The maximum atomic E-state index is 3.96. The van der Waals surface area contributed by atoms with Gasteiger partial charge in [-0.25, -0.2) is 0 Å². The van der Waals surface area contributed by atoms with Crippen LogP contribution in [-0.4, -0.2) is 0 Å². The van der Waals surface area contributed by atoms with Crippen molar-refractivity contribution in [1.82, 2.24) is 0 Å². The molecule has 1 unspecified atom stereocenters. The summed E-state index contributed by atoms with van der Waals surface area (Å²) in [5.41, 5.74) is 21.5. The first-order valence-corrected chi connectivity index (χ1v) is 19.3. The predicted molar refractivity (Wildman–Crippen MR) is 225 cm³/mol. The van der Waals surface area contributed by atoms with Gasteiger partial charge in [0.15, 0.2) is 0 Å². The van der Waals surface area contributed by atoms with Gasteiger partial charge in [0.1, 0.15) is 0 Å². The average Bonchev–Trinajstić information content (AvgIpc) is 3.78. The average molecular weight is 693 g/mol. The summed E-state index contributed by atoms with van der Waals surface area (Å²) in [6, 6.07) is 60.8. The highest BCUT2D eigenvalue weighted by Gasteiger charge is 2.53. The summed E-state index contributed by atoms with van der Waals surface area (Å²) in [6.07, 6.45) is 6.83. The van der Waals surface area contributed by atoms with E-state index >= 15 is 0 Å². The van der Waals surface area contributed by atoms with Crippen LogP contribution in [0.5, 0.6) is 0 Å². The molecule has 7 aromatic rings. The predicted octanol–water partition coefficient (Wildman–Crippen LogP) is 13.6. The molecule has 2 nitrogen and oxygen atoms in total. The molecule has 7 aromatic carbocycles. The number of anilines is 5. The monoisotopic (exact) mass is 692 g/mol. The Morgan fingerprint density at radius 1 is 0.500 bits per heavy atom. The first-order chi connectivity index (χ1) is 26.5. The van der Waals surface area contributed by atoms with Crippen molar-refractivity contribution in [2.45, 2.75) is 37.5 Å². The third kappa shape index (κ3) is 4.23. The molecule has 0 aliphatic heterocycles. The standard InChI is InChI=1S/C52H40N2/c1-51(2)43-25-13-9-21-38(43)41-30-29-36(31-47(41)51)54(35-19-7-4-8-20-35)37-32-48-50(49(33-37)53-34-17-5-3-6-18-34)42-24-12-16-28-46(42)52(48)44-26-14-10-22-39(44)40-23-11-15-27-45(40)52/h3-14,16-26,28-33,53H,15,27H2,1-2H3. The number of hydrogen-bond acceptors (Lipinski definition) is 2. The van der Waals surface area contributed by atoms with Crippen molar-refractivity contribution in [3.05, 3.63) is 215 Å². The third-order valence-electron chi connectivity index (χ3n) is 12.5. The second-order valence-electron chi connectivity index (χ2n) is 15.7. The van der Waals surface area contributed by atoms with Crippen molar-refractivity contribution in [2.75, 3.05) is 10.2 Å². The molecular weight excluding hydrogens is 653 g/mol. The normalized spacial score (nSPS) is 17.7. The molecule has 2 heteroatoms. The molecule has 0 fully saturated rings. The van der Waals surface area contributed by atoms with Gasteiger partial charge in [-0.2, -0.15) is 0 Å². The van der Waals surface area contributed by atoms with E-state index < -0.39 is 5.41 Å². The molecule has 11 rings (SSSR count). The molecule has 258 valence electrons. The lowest BCUT2D eigenvalue weighted by Gasteiger charge is -2.35. The Labute approximate surface area is 317 Å². The quantitative estimate of drug-likeness (QED) is 0.193. The van der Waals surface area contributed by atoms with E-state index in [-0.39, 0.29) is 5.41 Å². The lowest BCUT2D eigenvalue weighted by Crippen LogP contribution is -2.28. The molecule has 0 bridgehead atoms. The summed E-state index contributed by atoms with van der Waals surface area (Å²) in [6.45, 7) is 4.74. The van der Waals surface area contributed by atoms with Crippen LogP contribution in [0.3, 0.4) is 0 Å². The molecule has 4 aliphatic rings. The fraction of sp³-hybridized carbons (Fsp3) is 0.115. The molecule has 4 aliphatic carbocycles. The van der Waals surface area contributed by atoms with Gasteiger partial charge in [-0.05, 0) is 123 Å². The number of hydrogen-bond donors (Lipinski definition) is 1. The molecular formula is C52H40N2. The molecule has 1 atom stereocenters. The van der Waals surface area contributed by atoms with Crippen LogP contribution in [0.15, 0.2) is 182 Å². The summed E-state index contributed by atoms with van der Waals surface area (Å²) in [4.78, 5) is 2.48. The highest BCUT2D eigenvalue weighted by atomic mass is 15.1. The first-order valence-electron chi connectivity index (χ1n) is 19.3. The molecule has 0 aromatic heterocycles. The van der Waals surface area contributed by atoms with Crippen LogP contribution in [0, 0.1) is 0 Å². The highest BCUT2D eigenvalue weighted by molar-refractivity contribution is 6.02. The zero-order valence-electron chi connectivity index (χ0n) is 30.6. The fourth-order valence-electron chi connectivity index (χ4n) is 10.3. The minimum absolute atomic E-state index is 0.112. The van der Waals surface area contributed by atoms with Gasteiger partial charge < -0.3 is 10.2 Å². The van der Waals surface area contributed by atoms with Crippen LogP contribution >= 0.6 is 0 Å². The number of nitrogens with one attached hydrogen (secondary N) is 1. The second kappa shape index (κ2) is 11.6. The van der Waals surface area contributed by atoms with Crippen molar-refractivity contribution < 1.29 is 0 Å². The van der Waals surface area contributed by atoms with E-state index in [9.17, 15) is 0 Å². The Balaban J connectivity index is 1.21. The van der Waals surface area contributed by atoms with Crippen molar-refractivity contribution in [1.29, 1.82) is 0 Å². The van der Waals surface area contributed by atoms with E-state index in [0.29, 0.717) is 0 Å². The summed E-state index contributed by atoms with van der Waals surface area (Å²) < 4.78 is 0. The Morgan fingerprint density at radius 2 is 1.11 bits per heavy atom. The lowest BCUT2D eigenvalue weighted by molar-refractivity contribution is 0.660. The molecule has 0 heterocycles. The van der Waals surface area contributed by atoms with E-state index in [1.807, 2.05) is 0 Å². The molecule has 0 radical (unpaired) electrons. The lowest BCUT2D eigenvalue weighted by atomic mass is 9.68. The Bertz CT molecular complexity index is 2720. The minimum Gasteiger partial charge on any atom is -0.355 e. The summed E-state index contributed by atoms with van der Waals surface area (Å²) in [7, 11) is 0. The van der Waals surface area contributed by atoms with Crippen LogP contribution in [0.2, 0.25) is 0 Å². The van der Waals surface area contributed by atoms with Crippen molar-refractivity contribution in [3.63, 3.8) is 0 Å². The van der Waals surface area contributed by atoms with Crippen LogP contribution < -0.4 is 10.2 Å². The molecule has 1 N–H and O–H groups in total. The number of nitrogens with zero attached hydrogens (tertiary/aromatic N) is 1. The van der Waals surface area contributed by atoms with Crippen molar-refractivity contribution in [2.24, 2.45) is 0 Å². The second-order valence-corrected chi connectivity index (χ2v) is 15.7. The van der Waals surface area contributed by atoms with Crippen LogP contribution in [0.25, 0.3) is 27.8 Å². The van der Waals surface area contributed by atoms with Gasteiger partial charge in [0, 0.05) is 39.4 Å². The Kier molecular flexibility index (Phi) is 6.67. The molecule has 0 saturated carbocycles. The zero-order valence-corrected chi connectivity index (χ0v) is 30.6. The fourth-order valence-corrected chi connectivity index (χ4v) is 10.3. The van der Waals surface area contributed by atoms with Gasteiger partial charge in [0.25, 0.3) is 0 Å². The maximum absolute atomic E-state index is 3.96. The van der Waals surface area contributed by atoms with E-state index in [1.165, 1.54) is 66.8 Å². The van der Waals surface area contributed by atoms with Crippen molar-refractivity contribution >= 4 is 34.0 Å². The Hall–Kier alpha value is -6.38. The van der Waals surface area contributed by atoms with Crippen molar-refractivity contribution in [3.8, 4) is 22.3 Å². The number of benzene rings is 7. The van der Waals surface area contributed by atoms with Gasteiger partial charge in [0.05, 0.1) is 5.41 Å². The molecule has 54 heavy (non-hydrogen) atoms. The van der Waals surface area contributed by atoms with Crippen LogP contribution in [0.1, 0.15) is 60.1 Å². The van der Waals surface area contributed by atoms with Crippen LogP contribution in [-0.2, 0) is 10.8 Å². The number of para-hydroxylation sites is 2. The van der Waals surface area contributed by atoms with Gasteiger partial charge in [0.2, 0.25) is 0 Å². The zero-order chi connectivity index (χ0) is 36.0. The summed E-state index contributed by atoms with van der Waals surface area (Å²) in [5, 5.41) is 3.96. The van der Waals surface area contributed by atoms with Gasteiger partial charge >= 0.3 is 0 Å². The largest absolute Gasteiger partial charge is 0.355 e. The molecule has 1 spiro atoms. The number of fused-ring (bicyclic) bond motifs is 12. The smallest absolute Gasteiger partial charge is 0.0690 e. The minimum atomic E-state index is -0.393. The number of allylic oxidation sites excluding steroid dienone is 4. The first kappa shape index (κ1) is 31.2. The topological polar surface area (TPSA) is 15.3 Å². The molecule has 0 amide bonds. The van der Waals surface area contributed by atoms with Gasteiger partial charge in [-0.3, -0.25) is 0 Å². The summed E-state index contributed by atoms with van der Waals surface area (Å²) in [5.74, 6) is 0. The van der Waals surface area contributed by atoms with E-state index in [4.69, 9.17) is 0 Å². The summed E-state index contributed by atoms with van der Waals surface area (Å²) >= 11 is 0. The highest BCUT2D eigenvalue weighted by Crippen LogP contribution is 2.65. The molecule has 0 saturated heterocycles. The van der Waals surface area contributed by atoms with Crippen LogP contribution in [0.4, 0.5) is 28.4 Å². The van der Waals surface area contributed by atoms with E-state index in [0.717, 1.165) is 41.3 Å². The van der Waals surface area contributed by atoms with Gasteiger partial charge in [-0.1, -0.05) is 141 Å². The third-order valence-corrected chi connectivity index (χ3v) is 12.5. The van der Waals surface area contributed by atoms with E-state index in [2.05, 4.69) is 200 Å². The maximum Gasteiger partial charge on any atom is 0.0690 e.